The number of hydrogen-bond acceptors (Lipinski definition) is 7. The highest BCUT2D eigenvalue weighted by atomic mass is 32.2. The Labute approximate surface area is 195 Å². The first-order valence-electron chi connectivity index (χ1n) is 10.8. The van der Waals surface area contributed by atoms with Gasteiger partial charge in [0, 0.05) is 29.1 Å². The molecule has 0 radical (unpaired) electrons. The van der Waals surface area contributed by atoms with Crippen LogP contribution in [0.5, 0.6) is 0 Å². The van der Waals surface area contributed by atoms with E-state index >= 15 is 0 Å². The Morgan fingerprint density at radius 1 is 1.03 bits per heavy atom. The summed E-state index contributed by atoms with van der Waals surface area (Å²) in [5, 5.41) is 16.9. The molecule has 0 aliphatic heterocycles. The zero-order valence-corrected chi connectivity index (χ0v) is 19.5. The van der Waals surface area contributed by atoms with E-state index in [1.807, 2.05) is 57.2 Å². The van der Waals surface area contributed by atoms with Gasteiger partial charge in [0.15, 0.2) is 5.16 Å². The summed E-state index contributed by atoms with van der Waals surface area (Å²) in [4.78, 5) is 21.8. The van der Waals surface area contributed by atoms with Crippen molar-refractivity contribution in [2.24, 2.45) is 0 Å². The van der Waals surface area contributed by atoms with Gasteiger partial charge in [-0.2, -0.15) is 9.78 Å². The van der Waals surface area contributed by atoms with E-state index in [2.05, 4.69) is 35.1 Å². The van der Waals surface area contributed by atoms with E-state index in [1.54, 1.807) is 10.7 Å². The number of aromatic nitrogens is 7. The summed E-state index contributed by atoms with van der Waals surface area (Å²) >= 11 is 1.37. The molecule has 1 aliphatic rings. The molecule has 0 unspecified atom stereocenters. The van der Waals surface area contributed by atoms with Crippen LogP contribution >= 0.6 is 11.8 Å². The highest BCUT2D eigenvalue weighted by Crippen LogP contribution is 2.41. The quantitative estimate of drug-likeness (QED) is 0.419. The molecule has 10 heteroatoms. The van der Waals surface area contributed by atoms with Crippen molar-refractivity contribution in [1.82, 2.24) is 34.5 Å². The van der Waals surface area contributed by atoms with Crippen LogP contribution in [0.4, 0.5) is 5.82 Å². The number of nitrogens with zero attached hydrogens (tertiary/aromatic N) is 7. The fourth-order valence-electron chi connectivity index (χ4n) is 3.65. The van der Waals surface area contributed by atoms with E-state index in [9.17, 15) is 4.79 Å². The Morgan fingerprint density at radius 3 is 2.45 bits per heavy atom. The van der Waals surface area contributed by atoms with Crippen LogP contribution in [-0.4, -0.2) is 46.2 Å². The zero-order valence-electron chi connectivity index (χ0n) is 18.7. The van der Waals surface area contributed by atoms with Gasteiger partial charge in [-0.05, 0) is 51.8 Å². The number of para-hydroxylation sites is 1. The van der Waals surface area contributed by atoms with Crippen molar-refractivity contribution in [2.45, 2.75) is 44.7 Å². The number of carbonyl (C=O) groups is 1. The maximum absolute atomic E-state index is 12.8. The Kier molecular flexibility index (Phi) is 5.67. The van der Waals surface area contributed by atoms with E-state index in [4.69, 9.17) is 0 Å². The molecule has 1 aromatic carbocycles. The SMILES string of the molecule is Cc1cc(C)nc(-n2nc(C)cc2NC(=O)CSc2nnc(C3CC3)n2-c2ccccc2)n1. The molecule has 0 atom stereocenters. The molecule has 1 amide bonds. The maximum atomic E-state index is 12.8. The molecule has 1 saturated carbocycles. The molecule has 3 aromatic heterocycles. The molecule has 4 aromatic rings. The minimum absolute atomic E-state index is 0.166. The second-order valence-corrected chi connectivity index (χ2v) is 9.10. The van der Waals surface area contributed by atoms with Crippen molar-refractivity contribution >= 4 is 23.5 Å². The average Bonchev–Trinajstić information content (AvgIpc) is 3.44. The van der Waals surface area contributed by atoms with Crippen molar-refractivity contribution in [2.75, 3.05) is 11.1 Å². The first-order chi connectivity index (χ1) is 16.0. The largest absolute Gasteiger partial charge is 0.310 e. The van der Waals surface area contributed by atoms with E-state index < -0.39 is 0 Å². The van der Waals surface area contributed by atoms with Crippen LogP contribution < -0.4 is 5.32 Å². The summed E-state index contributed by atoms with van der Waals surface area (Å²) in [6, 6.07) is 13.7. The van der Waals surface area contributed by atoms with Gasteiger partial charge in [-0.15, -0.1) is 10.2 Å². The molecule has 0 saturated heterocycles. The van der Waals surface area contributed by atoms with Gasteiger partial charge in [0.2, 0.25) is 5.91 Å². The minimum Gasteiger partial charge on any atom is -0.310 e. The van der Waals surface area contributed by atoms with Gasteiger partial charge < -0.3 is 5.32 Å². The minimum atomic E-state index is -0.166. The predicted octanol–water partition coefficient (Wildman–Crippen LogP) is 3.78. The lowest BCUT2D eigenvalue weighted by Gasteiger charge is -2.10. The molecule has 0 bridgehead atoms. The van der Waals surface area contributed by atoms with Gasteiger partial charge in [0.25, 0.3) is 5.95 Å². The van der Waals surface area contributed by atoms with Crippen molar-refractivity contribution < 1.29 is 4.79 Å². The standard InChI is InChI=1S/C23H24N8OS/c1-14-11-15(2)25-22(24-14)31-19(12-16(3)29-31)26-20(32)13-33-23-28-27-21(17-9-10-17)30(23)18-7-5-4-6-8-18/h4-8,11-12,17H,9-10,13H2,1-3H3,(H,26,32). The number of carbonyl (C=O) groups excluding carboxylic acids is 1. The van der Waals surface area contributed by atoms with Crippen LogP contribution in [0.15, 0.2) is 47.6 Å². The third kappa shape index (κ3) is 4.65. The number of rotatable bonds is 7. The summed E-state index contributed by atoms with van der Waals surface area (Å²) < 4.78 is 3.63. The molecular weight excluding hydrogens is 436 g/mol. The second-order valence-electron chi connectivity index (χ2n) is 8.16. The summed E-state index contributed by atoms with van der Waals surface area (Å²) in [5.74, 6) is 2.39. The lowest BCUT2D eigenvalue weighted by molar-refractivity contribution is -0.113. The van der Waals surface area contributed by atoms with E-state index in [0.717, 1.165) is 41.4 Å². The number of anilines is 1. The Morgan fingerprint density at radius 2 is 1.76 bits per heavy atom. The number of amides is 1. The fourth-order valence-corrected chi connectivity index (χ4v) is 4.41. The van der Waals surface area contributed by atoms with Crippen LogP contribution in [0.3, 0.4) is 0 Å². The van der Waals surface area contributed by atoms with Crippen LogP contribution in [0.25, 0.3) is 11.6 Å². The third-order valence-electron chi connectivity index (χ3n) is 5.21. The summed E-state index contributed by atoms with van der Waals surface area (Å²) in [6.07, 6.45) is 2.25. The summed E-state index contributed by atoms with van der Waals surface area (Å²) in [7, 11) is 0. The van der Waals surface area contributed by atoms with Crippen LogP contribution in [-0.2, 0) is 4.79 Å². The molecule has 1 fully saturated rings. The van der Waals surface area contributed by atoms with Crippen molar-refractivity contribution in [1.29, 1.82) is 0 Å². The van der Waals surface area contributed by atoms with Crippen LogP contribution in [0.2, 0.25) is 0 Å². The second kappa shape index (κ2) is 8.78. The lowest BCUT2D eigenvalue weighted by atomic mass is 10.3. The molecule has 168 valence electrons. The topological polar surface area (TPSA) is 103 Å². The maximum Gasteiger partial charge on any atom is 0.252 e. The molecule has 1 N–H and O–H groups in total. The first-order valence-corrected chi connectivity index (χ1v) is 11.8. The van der Waals surface area contributed by atoms with E-state index in [-0.39, 0.29) is 11.7 Å². The van der Waals surface area contributed by atoms with Crippen molar-refractivity contribution in [3.8, 4) is 11.6 Å². The molecule has 1 aliphatic carbocycles. The smallest absolute Gasteiger partial charge is 0.252 e. The van der Waals surface area contributed by atoms with Gasteiger partial charge >= 0.3 is 0 Å². The van der Waals surface area contributed by atoms with Crippen LogP contribution in [0.1, 0.15) is 41.7 Å². The van der Waals surface area contributed by atoms with Crippen molar-refractivity contribution in [3.63, 3.8) is 0 Å². The van der Waals surface area contributed by atoms with Gasteiger partial charge in [-0.25, -0.2) is 9.97 Å². The average molecular weight is 461 g/mol. The molecule has 3 heterocycles. The summed E-state index contributed by atoms with van der Waals surface area (Å²) in [5.41, 5.74) is 3.45. The molecule has 5 rings (SSSR count). The monoisotopic (exact) mass is 460 g/mol. The number of hydrogen-bond donors (Lipinski definition) is 1. The fraction of sp³-hybridized carbons (Fsp3) is 0.304. The highest BCUT2D eigenvalue weighted by molar-refractivity contribution is 7.99. The van der Waals surface area contributed by atoms with Gasteiger partial charge in [-0.3, -0.25) is 9.36 Å². The molecular formula is C23H24N8OS. The number of thioether (sulfide) groups is 1. The van der Waals surface area contributed by atoms with Gasteiger partial charge in [-0.1, -0.05) is 30.0 Å². The normalized spacial score (nSPS) is 13.3. The first kappa shape index (κ1) is 21.3. The number of aryl methyl sites for hydroxylation is 3. The van der Waals surface area contributed by atoms with Gasteiger partial charge in [0.05, 0.1) is 11.4 Å². The van der Waals surface area contributed by atoms with Crippen LogP contribution in [0, 0.1) is 20.8 Å². The Hall–Kier alpha value is -3.53. The predicted molar refractivity (Wildman–Crippen MR) is 126 cm³/mol. The lowest BCUT2D eigenvalue weighted by Crippen LogP contribution is -2.18. The highest BCUT2D eigenvalue weighted by Gasteiger charge is 2.31. The Bertz CT molecular complexity index is 1290. The van der Waals surface area contributed by atoms with E-state index in [0.29, 0.717) is 22.8 Å². The molecule has 9 nitrogen and oxygen atoms in total. The summed E-state index contributed by atoms with van der Waals surface area (Å²) in [6.45, 7) is 5.68. The van der Waals surface area contributed by atoms with Crippen molar-refractivity contribution in [3.05, 3.63) is 65.4 Å². The zero-order chi connectivity index (χ0) is 22.9. The molecule has 33 heavy (non-hydrogen) atoms. The van der Waals surface area contributed by atoms with E-state index in [1.165, 1.54) is 11.8 Å². The molecule has 0 spiro atoms. The third-order valence-corrected chi connectivity index (χ3v) is 6.14. The number of benzene rings is 1. The van der Waals surface area contributed by atoms with Gasteiger partial charge in [0.1, 0.15) is 11.6 Å². The number of nitrogens with one attached hydrogen (secondary N) is 1. The Balaban J connectivity index is 1.34.